The number of aryl methyl sites for hydroxylation is 1. The first-order chi connectivity index (χ1) is 18.4. The van der Waals surface area contributed by atoms with Crippen LogP contribution in [0.5, 0.6) is 11.6 Å². The lowest BCUT2D eigenvalue weighted by Gasteiger charge is -2.25. The Morgan fingerprint density at radius 3 is 2.82 bits per heavy atom. The molecule has 4 aromatic rings. The largest absolute Gasteiger partial charge is 0.439 e. The van der Waals surface area contributed by atoms with Gasteiger partial charge in [-0.1, -0.05) is 0 Å². The van der Waals surface area contributed by atoms with Crippen LogP contribution < -0.4 is 15.6 Å². The van der Waals surface area contributed by atoms with E-state index in [1.165, 1.54) is 12.5 Å². The molecule has 2 fully saturated rings. The van der Waals surface area contributed by atoms with E-state index in [2.05, 4.69) is 20.3 Å². The van der Waals surface area contributed by atoms with Crippen LogP contribution in [0.25, 0.3) is 11.2 Å². The fourth-order valence-corrected chi connectivity index (χ4v) is 4.90. The van der Waals surface area contributed by atoms with E-state index in [0.29, 0.717) is 52.6 Å². The minimum absolute atomic E-state index is 0.0330. The van der Waals surface area contributed by atoms with Gasteiger partial charge >= 0.3 is 0 Å². The second kappa shape index (κ2) is 10.0. The Hall–Kier alpha value is -4.05. The summed E-state index contributed by atoms with van der Waals surface area (Å²) < 4.78 is 15.3. The molecule has 0 radical (unpaired) electrons. The van der Waals surface area contributed by atoms with Gasteiger partial charge in [0.15, 0.2) is 5.65 Å². The van der Waals surface area contributed by atoms with E-state index in [1.807, 2.05) is 34.5 Å². The number of pyridine rings is 3. The number of imidazole rings is 1. The molecule has 1 aliphatic heterocycles. The van der Waals surface area contributed by atoms with E-state index in [1.54, 1.807) is 24.4 Å². The van der Waals surface area contributed by atoms with Crippen LogP contribution in [0.3, 0.4) is 0 Å². The highest BCUT2D eigenvalue weighted by Crippen LogP contribution is 2.41. The van der Waals surface area contributed by atoms with Gasteiger partial charge in [0.2, 0.25) is 11.8 Å². The lowest BCUT2D eigenvalue weighted by molar-refractivity contribution is -0.116. The molecule has 1 N–H and O–H groups in total. The van der Waals surface area contributed by atoms with Crippen LogP contribution in [0.4, 0.5) is 11.6 Å². The molecule has 0 spiro atoms. The number of nitrogens with zero attached hydrogens (tertiary/aromatic N) is 5. The minimum atomic E-state index is -0.0759. The van der Waals surface area contributed by atoms with Gasteiger partial charge in [-0.25, -0.2) is 4.98 Å². The van der Waals surface area contributed by atoms with Crippen molar-refractivity contribution in [2.75, 3.05) is 18.5 Å². The fourth-order valence-electron chi connectivity index (χ4n) is 4.90. The van der Waals surface area contributed by atoms with Crippen molar-refractivity contribution >= 4 is 28.6 Å². The Morgan fingerprint density at radius 1 is 1.18 bits per heavy atom. The molecule has 38 heavy (non-hydrogen) atoms. The van der Waals surface area contributed by atoms with Crippen molar-refractivity contribution < 1.29 is 14.3 Å². The molecule has 1 saturated carbocycles. The molecular weight excluding hydrogens is 484 g/mol. The highest BCUT2D eigenvalue weighted by Gasteiger charge is 2.27. The maximum absolute atomic E-state index is 13.5. The van der Waals surface area contributed by atoms with Gasteiger partial charge in [-0.15, -0.1) is 0 Å². The van der Waals surface area contributed by atoms with Gasteiger partial charge in [-0.2, -0.15) is 4.98 Å². The molecule has 2 aliphatic rings. The molecule has 10 heteroatoms. The second-order valence-electron chi connectivity index (χ2n) is 10.1. The van der Waals surface area contributed by atoms with Crippen molar-refractivity contribution in [1.82, 2.24) is 24.1 Å². The van der Waals surface area contributed by atoms with E-state index < -0.39 is 0 Å². The van der Waals surface area contributed by atoms with Gasteiger partial charge in [0.05, 0.1) is 18.3 Å². The van der Waals surface area contributed by atoms with Crippen LogP contribution in [0.15, 0.2) is 47.5 Å². The second-order valence-corrected chi connectivity index (χ2v) is 10.1. The highest BCUT2D eigenvalue weighted by molar-refractivity contribution is 5.78. The standard InChI is InChI=1S/C28H30N6O4/c1-17(35)12-20-14-22(9-10-29-20)38-25-8-7-23-26(32-25)33(2)28(30-23)31-24-13-19(18-5-6-18)15-34(27(24)36)21-4-3-11-37-16-21/h7-10,13-15,18,21H,3-6,11-12,16H2,1-2H3,(H,30,31)/t21-/m1/s1. The van der Waals surface area contributed by atoms with Crippen molar-refractivity contribution in [3.05, 3.63) is 64.3 Å². The number of ketones is 1. The molecule has 196 valence electrons. The van der Waals surface area contributed by atoms with Crippen LogP contribution in [-0.4, -0.2) is 43.1 Å². The first-order valence-electron chi connectivity index (χ1n) is 13.0. The summed E-state index contributed by atoms with van der Waals surface area (Å²) in [5.74, 6) is 1.99. The summed E-state index contributed by atoms with van der Waals surface area (Å²) in [6, 6.07) is 9.04. The molecule has 10 nitrogen and oxygen atoms in total. The van der Waals surface area contributed by atoms with Crippen molar-refractivity contribution in [3.8, 4) is 11.6 Å². The van der Waals surface area contributed by atoms with Crippen molar-refractivity contribution in [1.29, 1.82) is 0 Å². The number of carbonyl (C=O) groups is 1. The normalized spacial score (nSPS) is 17.5. The van der Waals surface area contributed by atoms with E-state index in [4.69, 9.17) is 9.47 Å². The number of anilines is 2. The Kier molecular flexibility index (Phi) is 6.40. The van der Waals surface area contributed by atoms with Gasteiger partial charge in [0.25, 0.3) is 5.56 Å². The van der Waals surface area contributed by atoms with Crippen LogP contribution in [-0.2, 0) is 23.0 Å². The number of aromatic nitrogens is 5. The molecule has 0 amide bonds. The molecule has 1 saturated heterocycles. The molecule has 1 atom stereocenters. The summed E-state index contributed by atoms with van der Waals surface area (Å²) in [6.45, 7) is 2.83. The number of ether oxygens (including phenoxy) is 2. The summed E-state index contributed by atoms with van der Waals surface area (Å²) >= 11 is 0. The zero-order chi connectivity index (χ0) is 26.2. The van der Waals surface area contributed by atoms with Crippen LogP contribution >= 0.6 is 0 Å². The van der Waals surface area contributed by atoms with Gasteiger partial charge in [-0.05, 0) is 62.3 Å². The molecule has 6 rings (SSSR count). The maximum Gasteiger partial charge on any atom is 0.274 e. The summed E-state index contributed by atoms with van der Waals surface area (Å²) in [4.78, 5) is 38.5. The first-order valence-corrected chi connectivity index (χ1v) is 13.0. The third-order valence-electron chi connectivity index (χ3n) is 7.02. The third-order valence-corrected chi connectivity index (χ3v) is 7.02. The Bertz CT molecular complexity index is 1570. The molecule has 0 aromatic carbocycles. The van der Waals surface area contributed by atoms with Crippen molar-refractivity contribution in [3.63, 3.8) is 0 Å². The number of hydrogen-bond donors (Lipinski definition) is 1. The zero-order valence-electron chi connectivity index (χ0n) is 21.5. The van der Waals surface area contributed by atoms with Crippen LogP contribution in [0, 0.1) is 0 Å². The predicted octanol–water partition coefficient (Wildman–Crippen LogP) is 4.42. The molecule has 0 bridgehead atoms. The Morgan fingerprint density at radius 2 is 2.05 bits per heavy atom. The number of fused-ring (bicyclic) bond motifs is 1. The van der Waals surface area contributed by atoms with E-state index >= 15 is 0 Å². The summed E-state index contributed by atoms with van der Waals surface area (Å²) in [5, 5.41) is 3.28. The van der Waals surface area contributed by atoms with Crippen molar-refractivity contribution in [2.24, 2.45) is 7.05 Å². The molecule has 5 heterocycles. The van der Waals surface area contributed by atoms with Gasteiger partial charge in [0.1, 0.15) is 22.7 Å². The molecule has 4 aromatic heterocycles. The fraction of sp³-hybridized carbons (Fsp3) is 0.393. The molecule has 1 aliphatic carbocycles. The van der Waals surface area contributed by atoms with Gasteiger partial charge in [0, 0.05) is 44.6 Å². The smallest absolute Gasteiger partial charge is 0.274 e. The van der Waals surface area contributed by atoms with E-state index in [9.17, 15) is 9.59 Å². The van der Waals surface area contributed by atoms with E-state index in [-0.39, 0.29) is 23.8 Å². The maximum atomic E-state index is 13.5. The third kappa shape index (κ3) is 5.04. The zero-order valence-corrected chi connectivity index (χ0v) is 21.5. The Labute approximate surface area is 219 Å². The monoisotopic (exact) mass is 514 g/mol. The average Bonchev–Trinajstić information content (AvgIpc) is 3.71. The minimum Gasteiger partial charge on any atom is -0.439 e. The average molecular weight is 515 g/mol. The summed E-state index contributed by atoms with van der Waals surface area (Å²) in [7, 11) is 1.85. The van der Waals surface area contributed by atoms with Crippen molar-refractivity contribution in [2.45, 2.75) is 51.0 Å². The molecular formula is C28H30N6O4. The molecule has 0 unspecified atom stereocenters. The number of hydrogen-bond acceptors (Lipinski definition) is 8. The summed E-state index contributed by atoms with van der Waals surface area (Å²) in [5.41, 5.74) is 3.53. The highest BCUT2D eigenvalue weighted by atomic mass is 16.5. The topological polar surface area (TPSA) is 113 Å². The number of Topliss-reactive ketones (excluding diaryl/α,β-unsaturated/α-hetero) is 1. The number of carbonyl (C=O) groups excluding carboxylic acids is 1. The van der Waals surface area contributed by atoms with E-state index in [0.717, 1.165) is 32.3 Å². The SMILES string of the molecule is CC(=O)Cc1cc(Oc2ccc3nc(Nc4cc(C5CC5)cn([C@@H]5CCCOC5)c4=O)n(C)c3n2)ccn1. The van der Waals surface area contributed by atoms with Gasteiger partial charge < -0.3 is 19.4 Å². The number of nitrogens with one attached hydrogen (secondary N) is 1. The summed E-state index contributed by atoms with van der Waals surface area (Å²) in [6.07, 6.45) is 8.05. The van der Waals surface area contributed by atoms with Crippen LogP contribution in [0.2, 0.25) is 0 Å². The lowest BCUT2D eigenvalue weighted by Crippen LogP contribution is -2.31. The quantitative estimate of drug-likeness (QED) is 0.368. The number of rotatable bonds is 8. The Balaban J connectivity index is 1.29. The lowest BCUT2D eigenvalue weighted by atomic mass is 10.1. The first kappa shape index (κ1) is 24.3. The van der Waals surface area contributed by atoms with Gasteiger partial charge in [-0.3, -0.25) is 19.1 Å². The predicted molar refractivity (Wildman–Crippen MR) is 142 cm³/mol. The van der Waals surface area contributed by atoms with Crippen LogP contribution in [0.1, 0.15) is 55.8 Å².